The molecule has 0 atom stereocenters. The molecule has 11 heteroatoms. The first-order chi connectivity index (χ1) is 24.4. The molecule has 0 unspecified atom stereocenters. The highest BCUT2D eigenvalue weighted by atomic mass is 16.5. The number of ether oxygens (including phenoxy) is 1. The van der Waals surface area contributed by atoms with Gasteiger partial charge in [0.1, 0.15) is 18.2 Å². The number of oxime groups is 1. The molecule has 0 fully saturated rings. The minimum atomic E-state index is -0.490. The molecular weight excluding hydrogens is 632 g/mol. The first kappa shape index (κ1) is 47.5. The second-order valence-electron chi connectivity index (χ2n) is 13.9. The monoisotopic (exact) mass is 709 g/mol. The molecule has 0 aliphatic carbocycles. The Morgan fingerprint density at radius 1 is 0.760 bits per heavy atom. The Hall–Kier alpha value is -2.53. The van der Waals surface area contributed by atoms with Crippen LogP contribution in [-0.4, -0.2) is 77.2 Å². The SMILES string of the molecule is CCCCCCCCC(CCCCCCCC)OC(=O)CCCCCCCN(CCCCCCCC=O)CCCN=C(NO)/C(=N/O)C(=N)N. The number of unbranched alkanes of at least 4 members (excludes halogenated alkanes) is 19. The van der Waals surface area contributed by atoms with Crippen LogP contribution in [0.1, 0.15) is 187 Å². The van der Waals surface area contributed by atoms with Crippen molar-refractivity contribution in [3.8, 4) is 0 Å². The number of esters is 1. The number of aldehydes is 1. The van der Waals surface area contributed by atoms with Crippen LogP contribution >= 0.6 is 0 Å². The summed E-state index contributed by atoms with van der Waals surface area (Å²) in [7, 11) is 0. The molecular formula is C39H76N6O5. The summed E-state index contributed by atoms with van der Waals surface area (Å²) in [4.78, 5) is 30.0. The van der Waals surface area contributed by atoms with Gasteiger partial charge in [-0.25, -0.2) is 0 Å². The predicted molar refractivity (Wildman–Crippen MR) is 207 cm³/mol. The van der Waals surface area contributed by atoms with Crippen molar-refractivity contribution in [2.45, 2.75) is 193 Å². The zero-order valence-corrected chi connectivity index (χ0v) is 32.1. The Balaban J connectivity index is 4.59. The van der Waals surface area contributed by atoms with Crippen LogP contribution in [0.3, 0.4) is 0 Å². The second kappa shape index (κ2) is 36.3. The number of rotatable bonds is 37. The van der Waals surface area contributed by atoms with Crippen LogP contribution in [0.15, 0.2) is 10.1 Å². The average Bonchev–Trinajstić information content (AvgIpc) is 3.10. The summed E-state index contributed by atoms with van der Waals surface area (Å²) in [6.07, 6.45) is 30.7. The summed E-state index contributed by atoms with van der Waals surface area (Å²) in [5.74, 6) is -0.639. The Labute approximate surface area is 305 Å². The third-order valence-corrected chi connectivity index (χ3v) is 9.30. The van der Waals surface area contributed by atoms with E-state index in [1.807, 2.05) is 5.48 Å². The van der Waals surface area contributed by atoms with Crippen LogP contribution in [0, 0.1) is 5.41 Å². The average molecular weight is 709 g/mol. The van der Waals surface area contributed by atoms with E-state index in [1.54, 1.807) is 0 Å². The van der Waals surface area contributed by atoms with E-state index in [-0.39, 0.29) is 23.6 Å². The van der Waals surface area contributed by atoms with Gasteiger partial charge in [-0.1, -0.05) is 122 Å². The van der Waals surface area contributed by atoms with Gasteiger partial charge >= 0.3 is 5.97 Å². The fraction of sp³-hybridized carbons (Fsp3) is 0.872. The van der Waals surface area contributed by atoms with E-state index in [9.17, 15) is 14.8 Å². The molecule has 0 aromatic heterocycles. The highest BCUT2D eigenvalue weighted by molar-refractivity contribution is 6.66. The summed E-state index contributed by atoms with van der Waals surface area (Å²) in [6, 6.07) is 0. The van der Waals surface area contributed by atoms with Gasteiger partial charge in [-0.3, -0.25) is 25.9 Å². The quantitative estimate of drug-likeness (QED) is 0.00808. The van der Waals surface area contributed by atoms with Crippen molar-refractivity contribution in [1.29, 1.82) is 5.41 Å². The molecule has 50 heavy (non-hydrogen) atoms. The van der Waals surface area contributed by atoms with Crippen LogP contribution in [0.4, 0.5) is 0 Å². The number of aliphatic imine (C=N–C) groups is 1. The molecule has 0 aromatic rings. The van der Waals surface area contributed by atoms with E-state index < -0.39 is 5.84 Å². The minimum Gasteiger partial charge on any atom is -0.462 e. The van der Waals surface area contributed by atoms with Gasteiger partial charge < -0.3 is 25.4 Å². The highest BCUT2D eigenvalue weighted by Crippen LogP contribution is 2.18. The third-order valence-electron chi connectivity index (χ3n) is 9.30. The van der Waals surface area contributed by atoms with Crippen molar-refractivity contribution in [2.24, 2.45) is 15.9 Å². The lowest BCUT2D eigenvalue weighted by Crippen LogP contribution is -2.38. The van der Waals surface area contributed by atoms with Crippen molar-refractivity contribution in [3.05, 3.63) is 0 Å². The standard InChI is InChI=1S/C39H76N6O5/c1-3-5-7-9-14-20-27-35(28-21-15-10-8-6-4-2)50-36(47)29-22-16-13-18-24-32-45(31-23-17-11-12-19-25-34-46)33-26-30-42-39(44-49)37(43-48)38(40)41/h34-35,48-49H,3-33H2,1-2H3,(H3,40,41)(H,42,44)/b43-37+. The van der Waals surface area contributed by atoms with E-state index in [2.05, 4.69) is 28.9 Å². The molecule has 0 saturated carbocycles. The summed E-state index contributed by atoms with van der Waals surface area (Å²) in [5, 5.41) is 28.8. The van der Waals surface area contributed by atoms with Crippen molar-refractivity contribution in [1.82, 2.24) is 10.4 Å². The highest BCUT2D eigenvalue weighted by Gasteiger charge is 2.15. The smallest absolute Gasteiger partial charge is 0.306 e. The van der Waals surface area contributed by atoms with Crippen molar-refractivity contribution in [3.63, 3.8) is 0 Å². The van der Waals surface area contributed by atoms with E-state index in [1.165, 1.54) is 64.2 Å². The molecule has 0 amide bonds. The Morgan fingerprint density at radius 3 is 1.74 bits per heavy atom. The molecule has 0 spiro atoms. The molecule has 0 heterocycles. The van der Waals surface area contributed by atoms with E-state index in [0.29, 0.717) is 19.4 Å². The fourth-order valence-corrected chi connectivity index (χ4v) is 6.25. The molecule has 292 valence electrons. The minimum absolute atomic E-state index is 0.0211. The van der Waals surface area contributed by atoms with Crippen molar-refractivity contribution < 1.29 is 24.7 Å². The van der Waals surface area contributed by atoms with Crippen LogP contribution in [0.5, 0.6) is 0 Å². The normalized spacial score (nSPS) is 12.2. The van der Waals surface area contributed by atoms with Gasteiger partial charge in [-0.15, -0.1) is 0 Å². The number of carbonyl (C=O) groups is 2. The first-order valence-corrected chi connectivity index (χ1v) is 20.3. The van der Waals surface area contributed by atoms with Gasteiger partial charge in [-0.2, -0.15) is 0 Å². The molecule has 0 radical (unpaired) electrons. The number of hydrogen-bond donors (Lipinski definition) is 5. The lowest BCUT2D eigenvalue weighted by atomic mass is 10.0. The van der Waals surface area contributed by atoms with Gasteiger partial charge in [-0.05, 0) is 77.4 Å². The van der Waals surface area contributed by atoms with Crippen LogP contribution in [0.25, 0.3) is 0 Å². The lowest BCUT2D eigenvalue weighted by Gasteiger charge is -2.22. The number of nitrogens with two attached hydrogens (primary N) is 1. The molecule has 0 rings (SSSR count). The zero-order chi connectivity index (χ0) is 36.9. The largest absolute Gasteiger partial charge is 0.462 e. The van der Waals surface area contributed by atoms with Gasteiger partial charge in [0.25, 0.3) is 0 Å². The van der Waals surface area contributed by atoms with E-state index in [4.69, 9.17) is 21.1 Å². The van der Waals surface area contributed by atoms with E-state index >= 15 is 0 Å². The Morgan fingerprint density at radius 2 is 1.24 bits per heavy atom. The van der Waals surface area contributed by atoms with Gasteiger partial charge in [0.2, 0.25) is 0 Å². The molecule has 0 aliphatic rings. The number of amidine groups is 2. The molecule has 6 N–H and O–H groups in total. The Bertz CT molecular complexity index is 869. The van der Waals surface area contributed by atoms with Crippen LogP contribution in [-0.2, 0) is 14.3 Å². The third kappa shape index (κ3) is 29.2. The van der Waals surface area contributed by atoms with Crippen molar-refractivity contribution in [2.75, 3.05) is 26.2 Å². The number of nitrogens with one attached hydrogen (secondary N) is 2. The van der Waals surface area contributed by atoms with Gasteiger partial charge in [0.05, 0.1) is 0 Å². The summed E-state index contributed by atoms with van der Waals surface area (Å²) < 4.78 is 6.02. The molecule has 0 bridgehead atoms. The molecule has 11 nitrogen and oxygen atoms in total. The number of nitrogens with zero attached hydrogens (tertiary/aromatic N) is 3. The number of hydroxylamine groups is 1. The Kier molecular flexibility index (Phi) is 34.4. The van der Waals surface area contributed by atoms with Crippen LogP contribution < -0.4 is 11.2 Å². The molecule has 0 aliphatic heterocycles. The van der Waals surface area contributed by atoms with Gasteiger partial charge in [0.15, 0.2) is 11.5 Å². The lowest BCUT2D eigenvalue weighted by molar-refractivity contribution is -0.150. The maximum Gasteiger partial charge on any atom is 0.306 e. The maximum atomic E-state index is 12.7. The summed E-state index contributed by atoms with van der Waals surface area (Å²) in [5.41, 5.74) is 6.96. The number of hydrogen-bond acceptors (Lipinski definition) is 9. The molecule has 0 aromatic carbocycles. The first-order valence-electron chi connectivity index (χ1n) is 20.3. The maximum absolute atomic E-state index is 12.7. The van der Waals surface area contributed by atoms with Crippen LogP contribution in [0.2, 0.25) is 0 Å². The predicted octanol–water partition coefficient (Wildman–Crippen LogP) is 9.12. The number of carbonyl (C=O) groups excluding carboxylic acids is 2. The second-order valence-corrected chi connectivity index (χ2v) is 13.9. The van der Waals surface area contributed by atoms with Crippen molar-refractivity contribution >= 4 is 29.6 Å². The summed E-state index contributed by atoms with van der Waals surface area (Å²) >= 11 is 0. The zero-order valence-electron chi connectivity index (χ0n) is 32.1. The topological polar surface area (TPSA) is 174 Å². The molecule has 0 saturated heterocycles. The van der Waals surface area contributed by atoms with Gasteiger partial charge in [0, 0.05) is 19.4 Å². The summed E-state index contributed by atoms with van der Waals surface area (Å²) in [6.45, 7) is 7.68. The van der Waals surface area contributed by atoms with E-state index in [0.717, 1.165) is 122 Å². The fourth-order valence-electron chi connectivity index (χ4n) is 6.25.